The van der Waals surface area contributed by atoms with E-state index in [1.54, 1.807) is 42.3 Å². The van der Waals surface area contributed by atoms with Crippen LogP contribution in [-0.4, -0.2) is 30.3 Å². The Morgan fingerprint density at radius 1 is 1.08 bits per heavy atom. The molecule has 2 amide bonds. The SMILES string of the molecule is CN(CC(=O)Nc1c(Cl)cccc1Cl)C(C(N)=O)c1ccccc1. The van der Waals surface area contributed by atoms with E-state index in [0.717, 1.165) is 5.56 Å². The van der Waals surface area contributed by atoms with Crippen molar-refractivity contribution in [1.82, 2.24) is 4.90 Å². The van der Waals surface area contributed by atoms with E-state index in [0.29, 0.717) is 15.7 Å². The van der Waals surface area contributed by atoms with Crippen LogP contribution in [0.25, 0.3) is 0 Å². The molecule has 7 heteroatoms. The number of nitrogens with one attached hydrogen (secondary N) is 1. The molecule has 0 aromatic heterocycles. The molecule has 24 heavy (non-hydrogen) atoms. The predicted octanol–water partition coefficient (Wildman–Crippen LogP) is 3.09. The summed E-state index contributed by atoms with van der Waals surface area (Å²) in [5, 5.41) is 3.34. The van der Waals surface area contributed by atoms with Crippen molar-refractivity contribution in [3.8, 4) is 0 Å². The maximum atomic E-state index is 12.3. The summed E-state index contributed by atoms with van der Waals surface area (Å²) >= 11 is 12.1. The molecule has 0 aliphatic heterocycles. The van der Waals surface area contributed by atoms with Crippen molar-refractivity contribution < 1.29 is 9.59 Å². The minimum Gasteiger partial charge on any atom is -0.368 e. The molecule has 126 valence electrons. The second kappa shape index (κ2) is 8.15. The lowest BCUT2D eigenvalue weighted by molar-refractivity contribution is -0.124. The first kappa shape index (κ1) is 18.3. The van der Waals surface area contributed by atoms with Crippen LogP contribution in [0.1, 0.15) is 11.6 Å². The zero-order chi connectivity index (χ0) is 17.7. The van der Waals surface area contributed by atoms with Gasteiger partial charge in [0.25, 0.3) is 0 Å². The third kappa shape index (κ3) is 4.47. The zero-order valence-corrected chi connectivity index (χ0v) is 14.5. The fraction of sp³-hybridized carbons (Fsp3) is 0.176. The highest BCUT2D eigenvalue weighted by Gasteiger charge is 2.24. The summed E-state index contributed by atoms with van der Waals surface area (Å²) in [5.41, 5.74) is 6.55. The summed E-state index contributed by atoms with van der Waals surface area (Å²) in [6.45, 7) is -0.0515. The van der Waals surface area contributed by atoms with Gasteiger partial charge in [0, 0.05) is 0 Å². The normalized spacial score (nSPS) is 12.0. The van der Waals surface area contributed by atoms with Gasteiger partial charge < -0.3 is 11.1 Å². The minimum absolute atomic E-state index is 0.0515. The van der Waals surface area contributed by atoms with Gasteiger partial charge in [-0.3, -0.25) is 14.5 Å². The van der Waals surface area contributed by atoms with Crippen LogP contribution in [0.4, 0.5) is 5.69 Å². The van der Waals surface area contributed by atoms with Crippen LogP contribution in [0, 0.1) is 0 Å². The summed E-state index contributed by atoms with van der Waals surface area (Å²) in [6.07, 6.45) is 0. The molecular weight excluding hydrogens is 349 g/mol. The molecule has 0 aliphatic rings. The van der Waals surface area contributed by atoms with E-state index >= 15 is 0 Å². The highest BCUT2D eigenvalue weighted by molar-refractivity contribution is 6.39. The van der Waals surface area contributed by atoms with Gasteiger partial charge in [0.05, 0.1) is 22.3 Å². The van der Waals surface area contributed by atoms with Gasteiger partial charge in [-0.25, -0.2) is 0 Å². The number of primary amides is 1. The first-order valence-corrected chi connectivity index (χ1v) is 7.94. The van der Waals surface area contributed by atoms with Gasteiger partial charge in [-0.1, -0.05) is 59.6 Å². The molecule has 0 fully saturated rings. The first-order chi connectivity index (χ1) is 11.4. The van der Waals surface area contributed by atoms with Crippen molar-refractivity contribution in [3.63, 3.8) is 0 Å². The lowest BCUT2D eigenvalue weighted by Gasteiger charge is -2.25. The second-order valence-corrected chi connectivity index (χ2v) is 6.09. The number of nitrogens with two attached hydrogens (primary N) is 1. The number of hydrogen-bond donors (Lipinski definition) is 2. The van der Waals surface area contributed by atoms with Gasteiger partial charge in [-0.15, -0.1) is 0 Å². The van der Waals surface area contributed by atoms with Crippen LogP contribution in [0.15, 0.2) is 48.5 Å². The summed E-state index contributed by atoms with van der Waals surface area (Å²) in [4.78, 5) is 25.6. The number of likely N-dealkylation sites (N-methyl/N-ethyl adjacent to an activating group) is 1. The Morgan fingerprint density at radius 3 is 2.21 bits per heavy atom. The number of carbonyl (C=O) groups excluding carboxylic acids is 2. The molecule has 1 atom stereocenters. The van der Waals surface area contributed by atoms with Gasteiger partial charge in [-0.2, -0.15) is 0 Å². The van der Waals surface area contributed by atoms with E-state index in [2.05, 4.69) is 5.32 Å². The largest absolute Gasteiger partial charge is 0.368 e. The number of rotatable bonds is 6. The average Bonchev–Trinajstić information content (AvgIpc) is 2.52. The van der Waals surface area contributed by atoms with E-state index in [1.807, 2.05) is 18.2 Å². The Bertz CT molecular complexity index is 718. The number of para-hydroxylation sites is 1. The smallest absolute Gasteiger partial charge is 0.239 e. The molecule has 0 radical (unpaired) electrons. The van der Waals surface area contributed by atoms with Crippen LogP contribution in [0.3, 0.4) is 0 Å². The Labute approximate surface area is 150 Å². The van der Waals surface area contributed by atoms with Gasteiger partial charge in [0.1, 0.15) is 6.04 Å². The topological polar surface area (TPSA) is 75.4 Å². The van der Waals surface area contributed by atoms with Gasteiger partial charge >= 0.3 is 0 Å². The quantitative estimate of drug-likeness (QED) is 0.825. The molecular formula is C17H17Cl2N3O2. The summed E-state index contributed by atoms with van der Waals surface area (Å²) in [5.74, 6) is -0.887. The number of anilines is 1. The number of nitrogens with zero attached hydrogens (tertiary/aromatic N) is 1. The van der Waals surface area contributed by atoms with Crippen LogP contribution in [0.5, 0.6) is 0 Å². The minimum atomic E-state index is -0.710. The Hall–Kier alpha value is -2.08. The van der Waals surface area contributed by atoms with Crippen LogP contribution in [-0.2, 0) is 9.59 Å². The summed E-state index contributed by atoms with van der Waals surface area (Å²) in [6, 6.07) is 13.3. The molecule has 0 saturated heterocycles. The van der Waals surface area contributed by atoms with E-state index < -0.39 is 11.9 Å². The zero-order valence-electron chi connectivity index (χ0n) is 13.0. The molecule has 2 aromatic rings. The van der Waals surface area contributed by atoms with E-state index in [1.165, 1.54) is 0 Å². The van der Waals surface area contributed by atoms with E-state index in [9.17, 15) is 9.59 Å². The average molecular weight is 366 g/mol. The van der Waals surface area contributed by atoms with Crippen LogP contribution >= 0.6 is 23.2 Å². The van der Waals surface area contributed by atoms with Gasteiger partial charge in [0.15, 0.2) is 0 Å². The van der Waals surface area contributed by atoms with Crippen LogP contribution in [0.2, 0.25) is 10.0 Å². The summed E-state index contributed by atoms with van der Waals surface area (Å²) in [7, 11) is 1.65. The molecule has 2 rings (SSSR count). The maximum absolute atomic E-state index is 12.3. The molecule has 0 bridgehead atoms. The summed E-state index contributed by atoms with van der Waals surface area (Å²) < 4.78 is 0. The number of benzene rings is 2. The lowest BCUT2D eigenvalue weighted by atomic mass is 10.1. The maximum Gasteiger partial charge on any atom is 0.239 e. The van der Waals surface area contributed by atoms with Gasteiger partial charge in [-0.05, 0) is 24.7 Å². The Morgan fingerprint density at radius 2 is 1.67 bits per heavy atom. The highest BCUT2D eigenvalue weighted by Crippen LogP contribution is 2.29. The molecule has 0 heterocycles. The standard InChI is InChI=1S/C17H17Cl2N3O2/c1-22(16(17(20)24)11-6-3-2-4-7-11)10-14(23)21-15-12(18)8-5-9-13(15)19/h2-9,16H,10H2,1H3,(H2,20,24)(H,21,23). The number of amides is 2. The number of hydrogen-bond acceptors (Lipinski definition) is 3. The first-order valence-electron chi connectivity index (χ1n) is 7.18. The number of halogens is 2. The molecule has 0 aliphatic carbocycles. The number of carbonyl (C=O) groups is 2. The second-order valence-electron chi connectivity index (χ2n) is 5.28. The lowest BCUT2D eigenvalue weighted by Crippen LogP contribution is -2.39. The van der Waals surface area contributed by atoms with Crippen molar-refractivity contribution in [2.75, 3.05) is 18.9 Å². The molecule has 2 aromatic carbocycles. The molecule has 5 nitrogen and oxygen atoms in total. The fourth-order valence-corrected chi connectivity index (χ4v) is 2.88. The van der Waals surface area contributed by atoms with E-state index in [4.69, 9.17) is 28.9 Å². The molecule has 3 N–H and O–H groups in total. The van der Waals surface area contributed by atoms with Crippen molar-refractivity contribution in [2.24, 2.45) is 5.73 Å². The fourth-order valence-electron chi connectivity index (χ4n) is 2.39. The Balaban J connectivity index is 2.11. The highest BCUT2D eigenvalue weighted by atomic mass is 35.5. The van der Waals surface area contributed by atoms with E-state index in [-0.39, 0.29) is 12.5 Å². The van der Waals surface area contributed by atoms with Crippen LogP contribution < -0.4 is 11.1 Å². The van der Waals surface area contributed by atoms with Crippen molar-refractivity contribution in [3.05, 3.63) is 64.1 Å². The van der Waals surface area contributed by atoms with Crippen molar-refractivity contribution in [1.29, 1.82) is 0 Å². The predicted molar refractivity (Wildman–Crippen MR) is 96.1 cm³/mol. The molecule has 0 spiro atoms. The van der Waals surface area contributed by atoms with Gasteiger partial charge in [0.2, 0.25) is 11.8 Å². The third-order valence-corrected chi connectivity index (χ3v) is 4.08. The van der Waals surface area contributed by atoms with Crippen molar-refractivity contribution in [2.45, 2.75) is 6.04 Å². The van der Waals surface area contributed by atoms with Crippen molar-refractivity contribution >= 4 is 40.7 Å². The Kier molecular flexibility index (Phi) is 6.20. The third-order valence-electron chi connectivity index (χ3n) is 3.45. The molecule has 0 saturated carbocycles. The molecule has 1 unspecified atom stereocenters. The monoisotopic (exact) mass is 365 g/mol.